The van der Waals surface area contributed by atoms with E-state index in [0.29, 0.717) is 17.9 Å². The second-order valence-electron chi connectivity index (χ2n) is 7.57. The lowest BCUT2D eigenvalue weighted by Gasteiger charge is -2.12. The summed E-state index contributed by atoms with van der Waals surface area (Å²) in [5.41, 5.74) is 7.43. The number of thiocarbonyl (C=S) groups is 1. The molecule has 4 aromatic carbocycles. The Morgan fingerprint density at radius 2 is 1.47 bits per heavy atom. The number of hydrogen-bond acceptors (Lipinski definition) is 4. The van der Waals surface area contributed by atoms with Gasteiger partial charge in [-0.25, -0.2) is 0 Å². The van der Waals surface area contributed by atoms with Crippen LogP contribution in [0.3, 0.4) is 0 Å². The largest absolute Gasteiger partial charge is 0.489 e. The predicted octanol–water partition coefficient (Wildman–Crippen LogP) is 4.30. The number of hydrazine groups is 1. The average molecular weight is 470 g/mol. The fourth-order valence-electron chi connectivity index (χ4n) is 3.45. The van der Waals surface area contributed by atoms with Gasteiger partial charge in [-0.05, 0) is 58.4 Å². The van der Waals surface area contributed by atoms with E-state index in [9.17, 15) is 9.59 Å². The number of ether oxygens (including phenoxy) is 1. The van der Waals surface area contributed by atoms with Crippen LogP contribution in [-0.4, -0.2) is 16.9 Å². The van der Waals surface area contributed by atoms with Crippen LogP contribution in [0.25, 0.3) is 10.8 Å². The van der Waals surface area contributed by atoms with E-state index in [1.807, 2.05) is 72.8 Å². The first-order valence-electron chi connectivity index (χ1n) is 10.7. The maximum atomic E-state index is 12.4. The number of amides is 2. The molecule has 3 N–H and O–H groups in total. The zero-order valence-corrected chi connectivity index (χ0v) is 19.1. The summed E-state index contributed by atoms with van der Waals surface area (Å²) >= 11 is 5.13. The lowest BCUT2D eigenvalue weighted by Crippen LogP contribution is -2.48. The standard InChI is InChI=1S/C27H23N3O3S/c31-25(17-22-11-6-10-20-9-4-5-12-24(20)22)28-27(34)30-29-26(32)21-13-15-23(16-14-21)33-18-19-7-2-1-3-8-19/h1-16H,17-18H2,(H,29,32)(H2,28,30,31,34). The van der Waals surface area contributed by atoms with Gasteiger partial charge >= 0.3 is 0 Å². The van der Waals surface area contributed by atoms with Crippen LogP contribution in [0.4, 0.5) is 0 Å². The Kier molecular flexibility index (Phi) is 7.47. The van der Waals surface area contributed by atoms with Crippen molar-refractivity contribution in [3.05, 3.63) is 114 Å². The van der Waals surface area contributed by atoms with Crippen molar-refractivity contribution in [1.29, 1.82) is 0 Å². The summed E-state index contributed by atoms with van der Waals surface area (Å²) in [4.78, 5) is 24.8. The Hall–Kier alpha value is -4.23. The summed E-state index contributed by atoms with van der Waals surface area (Å²) in [6.07, 6.45) is 0.168. The number of fused-ring (bicyclic) bond motifs is 1. The van der Waals surface area contributed by atoms with Crippen LogP contribution in [0.15, 0.2) is 97.1 Å². The summed E-state index contributed by atoms with van der Waals surface area (Å²) in [6, 6.07) is 30.3. The van der Waals surface area contributed by atoms with Gasteiger partial charge in [-0.3, -0.25) is 20.4 Å². The number of carbonyl (C=O) groups excluding carboxylic acids is 2. The molecule has 0 bridgehead atoms. The van der Waals surface area contributed by atoms with Crippen LogP contribution < -0.4 is 20.9 Å². The molecular formula is C27H23N3O3S. The fraction of sp³-hybridized carbons (Fsp3) is 0.0741. The number of benzene rings is 4. The molecule has 0 aliphatic rings. The molecule has 0 radical (unpaired) electrons. The molecule has 0 fully saturated rings. The molecule has 170 valence electrons. The number of hydrogen-bond donors (Lipinski definition) is 3. The van der Waals surface area contributed by atoms with E-state index in [4.69, 9.17) is 17.0 Å². The lowest BCUT2D eigenvalue weighted by molar-refractivity contribution is -0.119. The molecule has 0 aliphatic heterocycles. The van der Waals surface area contributed by atoms with Crippen LogP contribution in [0.5, 0.6) is 5.75 Å². The number of rotatable bonds is 6. The molecular weight excluding hydrogens is 446 g/mol. The molecule has 0 saturated heterocycles. The highest BCUT2D eigenvalue weighted by atomic mass is 32.1. The molecule has 2 amide bonds. The van der Waals surface area contributed by atoms with Crippen LogP contribution >= 0.6 is 12.2 Å². The normalized spacial score (nSPS) is 10.4. The molecule has 0 aliphatic carbocycles. The topological polar surface area (TPSA) is 79.5 Å². The lowest BCUT2D eigenvalue weighted by atomic mass is 10.0. The van der Waals surface area contributed by atoms with E-state index >= 15 is 0 Å². The van der Waals surface area contributed by atoms with Gasteiger partial charge in [0.2, 0.25) is 5.91 Å². The molecule has 4 rings (SSSR count). The van der Waals surface area contributed by atoms with Gasteiger partial charge in [-0.15, -0.1) is 0 Å². The summed E-state index contributed by atoms with van der Waals surface area (Å²) in [7, 11) is 0. The van der Waals surface area contributed by atoms with E-state index in [1.165, 1.54) is 0 Å². The molecule has 7 heteroatoms. The quantitative estimate of drug-likeness (QED) is 0.290. The fourth-order valence-corrected chi connectivity index (χ4v) is 3.62. The monoisotopic (exact) mass is 469 g/mol. The summed E-state index contributed by atoms with van der Waals surface area (Å²) in [6.45, 7) is 0.445. The Morgan fingerprint density at radius 3 is 2.26 bits per heavy atom. The Morgan fingerprint density at radius 1 is 0.765 bits per heavy atom. The van der Waals surface area contributed by atoms with E-state index in [-0.39, 0.29) is 23.3 Å². The van der Waals surface area contributed by atoms with Crippen molar-refractivity contribution < 1.29 is 14.3 Å². The van der Waals surface area contributed by atoms with Gasteiger partial charge in [0.15, 0.2) is 5.11 Å². The Labute approximate surface area is 202 Å². The first kappa shape index (κ1) is 22.9. The van der Waals surface area contributed by atoms with E-state index in [1.54, 1.807) is 24.3 Å². The van der Waals surface area contributed by atoms with Crippen molar-refractivity contribution in [3.8, 4) is 5.75 Å². The highest BCUT2D eigenvalue weighted by molar-refractivity contribution is 7.80. The van der Waals surface area contributed by atoms with Crippen molar-refractivity contribution in [2.24, 2.45) is 0 Å². The van der Waals surface area contributed by atoms with Crippen molar-refractivity contribution in [2.75, 3.05) is 0 Å². The predicted molar refractivity (Wildman–Crippen MR) is 136 cm³/mol. The Balaban J connectivity index is 1.24. The van der Waals surface area contributed by atoms with Gasteiger partial charge in [0, 0.05) is 5.56 Å². The van der Waals surface area contributed by atoms with Crippen molar-refractivity contribution >= 4 is 39.9 Å². The van der Waals surface area contributed by atoms with E-state index in [2.05, 4.69) is 16.2 Å². The molecule has 6 nitrogen and oxygen atoms in total. The first-order valence-corrected chi connectivity index (χ1v) is 11.1. The van der Waals surface area contributed by atoms with Gasteiger partial charge in [0.1, 0.15) is 12.4 Å². The average Bonchev–Trinajstić information content (AvgIpc) is 2.87. The summed E-state index contributed by atoms with van der Waals surface area (Å²) in [5, 5.41) is 4.69. The summed E-state index contributed by atoms with van der Waals surface area (Å²) < 4.78 is 5.73. The third kappa shape index (κ3) is 6.17. The van der Waals surface area contributed by atoms with Gasteiger partial charge < -0.3 is 10.1 Å². The van der Waals surface area contributed by atoms with Gasteiger partial charge in [0.05, 0.1) is 6.42 Å². The molecule has 4 aromatic rings. The summed E-state index contributed by atoms with van der Waals surface area (Å²) in [5.74, 6) is -0.00661. The zero-order valence-electron chi connectivity index (χ0n) is 18.3. The smallest absolute Gasteiger partial charge is 0.269 e. The molecule has 34 heavy (non-hydrogen) atoms. The third-order valence-electron chi connectivity index (χ3n) is 5.14. The third-order valence-corrected chi connectivity index (χ3v) is 5.34. The van der Waals surface area contributed by atoms with Gasteiger partial charge in [-0.2, -0.15) is 0 Å². The molecule has 0 saturated carbocycles. The molecule has 0 aromatic heterocycles. The van der Waals surface area contributed by atoms with Crippen molar-refractivity contribution in [3.63, 3.8) is 0 Å². The maximum absolute atomic E-state index is 12.4. The maximum Gasteiger partial charge on any atom is 0.269 e. The highest BCUT2D eigenvalue weighted by Gasteiger charge is 2.10. The SMILES string of the molecule is O=C(Cc1cccc2ccccc12)NC(=S)NNC(=O)c1ccc(OCc2ccccc2)cc1. The van der Waals surface area contributed by atoms with Crippen LogP contribution in [0.2, 0.25) is 0 Å². The minimum atomic E-state index is -0.389. The minimum absolute atomic E-state index is 0.0152. The zero-order chi connectivity index (χ0) is 23.8. The molecule has 0 atom stereocenters. The van der Waals surface area contributed by atoms with E-state index in [0.717, 1.165) is 21.9 Å². The second-order valence-corrected chi connectivity index (χ2v) is 7.98. The number of nitrogens with one attached hydrogen (secondary N) is 3. The van der Waals surface area contributed by atoms with Crippen molar-refractivity contribution in [2.45, 2.75) is 13.0 Å². The van der Waals surface area contributed by atoms with Gasteiger partial charge in [-0.1, -0.05) is 72.8 Å². The van der Waals surface area contributed by atoms with Crippen molar-refractivity contribution in [1.82, 2.24) is 16.2 Å². The van der Waals surface area contributed by atoms with Crippen LogP contribution in [0, 0.1) is 0 Å². The van der Waals surface area contributed by atoms with E-state index < -0.39 is 0 Å². The molecule has 0 spiro atoms. The minimum Gasteiger partial charge on any atom is -0.489 e. The first-order chi connectivity index (χ1) is 16.6. The van der Waals surface area contributed by atoms with Crippen LogP contribution in [0.1, 0.15) is 21.5 Å². The number of carbonyl (C=O) groups is 2. The highest BCUT2D eigenvalue weighted by Crippen LogP contribution is 2.19. The van der Waals surface area contributed by atoms with Crippen LogP contribution in [-0.2, 0) is 17.8 Å². The Bertz CT molecular complexity index is 1300. The second kappa shape index (κ2) is 11.1. The molecule has 0 unspecified atom stereocenters. The van der Waals surface area contributed by atoms with Gasteiger partial charge in [0.25, 0.3) is 5.91 Å². The molecule has 0 heterocycles.